The van der Waals surface area contributed by atoms with Crippen molar-refractivity contribution in [3.63, 3.8) is 0 Å². The predicted molar refractivity (Wildman–Crippen MR) is 68.6 cm³/mol. The molecule has 0 saturated heterocycles. The van der Waals surface area contributed by atoms with Crippen LogP contribution in [0, 0.1) is 5.92 Å². The third kappa shape index (κ3) is 5.64. The van der Waals surface area contributed by atoms with Crippen LogP contribution < -0.4 is 5.73 Å². The number of thioether (sulfide) groups is 1. The Morgan fingerprint density at radius 1 is 1.60 bits per heavy atom. The number of amides is 1. The Hall–Kier alpha value is 0.0700. The highest BCUT2D eigenvalue weighted by molar-refractivity contribution is 7.98. The lowest BCUT2D eigenvalue weighted by Gasteiger charge is -2.20. The van der Waals surface area contributed by atoms with Crippen LogP contribution in [0.3, 0.4) is 0 Å². The molecule has 5 heteroatoms. The van der Waals surface area contributed by atoms with Gasteiger partial charge >= 0.3 is 0 Å². The zero-order valence-corrected chi connectivity index (χ0v) is 11.1. The van der Waals surface area contributed by atoms with Crippen molar-refractivity contribution in [2.24, 2.45) is 11.7 Å². The fourth-order valence-electron chi connectivity index (χ4n) is 1.43. The Labute approximate surface area is 103 Å². The van der Waals surface area contributed by atoms with Gasteiger partial charge in [0.15, 0.2) is 0 Å². The van der Waals surface area contributed by atoms with Crippen LogP contribution in [0.5, 0.6) is 0 Å². The summed E-state index contributed by atoms with van der Waals surface area (Å²) in [6.45, 7) is 0.895. The molecule has 1 atom stereocenters. The van der Waals surface area contributed by atoms with E-state index >= 15 is 0 Å². The van der Waals surface area contributed by atoms with Crippen molar-refractivity contribution in [1.82, 2.24) is 4.90 Å². The van der Waals surface area contributed by atoms with Gasteiger partial charge in [-0.3, -0.25) is 4.79 Å². The van der Waals surface area contributed by atoms with E-state index < -0.39 is 0 Å². The summed E-state index contributed by atoms with van der Waals surface area (Å²) in [4.78, 5) is 13.5. The molecule has 0 heterocycles. The largest absolute Gasteiger partial charge is 0.344 e. The average molecular weight is 253 g/mol. The molecule has 0 bridgehead atoms. The Balaban J connectivity index is 0.00000196. The van der Waals surface area contributed by atoms with Crippen LogP contribution in [0.1, 0.15) is 19.3 Å². The summed E-state index contributed by atoms with van der Waals surface area (Å²) in [6, 6.07) is -0.300. The summed E-state index contributed by atoms with van der Waals surface area (Å²) in [5.41, 5.74) is 5.80. The van der Waals surface area contributed by atoms with E-state index in [9.17, 15) is 4.79 Å². The van der Waals surface area contributed by atoms with Gasteiger partial charge in [0.2, 0.25) is 5.91 Å². The van der Waals surface area contributed by atoms with Gasteiger partial charge in [-0.2, -0.15) is 11.8 Å². The monoisotopic (exact) mass is 252 g/mol. The van der Waals surface area contributed by atoms with Gasteiger partial charge in [0, 0.05) is 13.6 Å². The molecule has 0 aromatic carbocycles. The van der Waals surface area contributed by atoms with Crippen LogP contribution in [0.2, 0.25) is 0 Å². The number of hydrogen-bond donors (Lipinski definition) is 1. The van der Waals surface area contributed by atoms with Gasteiger partial charge in [-0.05, 0) is 37.2 Å². The van der Waals surface area contributed by atoms with E-state index in [1.165, 1.54) is 12.8 Å². The van der Waals surface area contributed by atoms with Gasteiger partial charge in [-0.1, -0.05) is 0 Å². The van der Waals surface area contributed by atoms with Crippen molar-refractivity contribution in [3.05, 3.63) is 0 Å². The molecule has 0 aromatic rings. The van der Waals surface area contributed by atoms with Crippen molar-refractivity contribution in [2.75, 3.05) is 25.6 Å². The molecule has 90 valence electrons. The SMILES string of the molecule is CSCC[C@H](N)C(=O)N(C)CC1CC1.Cl. The fraction of sp³-hybridized carbons (Fsp3) is 0.900. The van der Waals surface area contributed by atoms with Crippen molar-refractivity contribution in [2.45, 2.75) is 25.3 Å². The van der Waals surface area contributed by atoms with Crippen molar-refractivity contribution < 1.29 is 4.79 Å². The Morgan fingerprint density at radius 2 is 2.20 bits per heavy atom. The molecule has 1 rings (SSSR count). The van der Waals surface area contributed by atoms with Crippen LogP contribution >= 0.6 is 24.2 Å². The highest BCUT2D eigenvalue weighted by Crippen LogP contribution is 2.29. The van der Waals surface area contributed by atoms with E-state index in [2.05, 4.69) is 0 Å². The average Bonchev–Trinajstić information content (AvgIpc) is 2.96. The van der Waals surface area contributed by atoms with Gasteiger partial charge in [0.1, 0.15) is 0 Å². The lowest BCUT2D eigenvalue weighted by atomic mass is 10.2. The molecule has 1 aliphatic rings. The number of likely N-dealkylation sites (N-methyl/N-ethyl adjacent to an activating group) is 1. The van der Waals surface area contributed by atoms with Gasteiger partial charge < -0.3 is 10.6 Å². The summed E-state index contributed by atoms with van der Waals surface area (Å²) in [5, 5.41) is 0. The Bertz CT molecular complexity index is 200. The maximum atomic E-state index is 11.7. The molecular weight excluding hydrogens is 232 g/mol. The maximum absolute atomic E-state index is 11.7. The third-order valence-electron chi connectivity index (χ3n) is 2.56. The fourth-order valence-corrected chi connectivity index (χ4v) is 1.92. The molecular formula is C10H21ClN2OS. The smallest absolute Gasteiger partial charge is 0.239 e. The Kier molecular flexibility index (Phi) is 7.40. The maximum Gasteiger partial charge on any atom is 0.239 e. The number of nitrogens with two attached hydrogens (primary N) is 1. The minimum atomic E-state index is -0.300. The van der Waals surface area contributed by atoms with Crippen molar-refractivity contribution in [3.8, 4) is 0 Å². The topological polar surface area (TPSA) is 46.3 Å². The second-order valence-corrected chi connectivity index (χ2v) is 5.04. The Morgan fingerprint density at radius 3 is 2.67 bits per heavy atom. The molecule has 0 aromatic heterocycles. The van der Waals surface area contributed by atoms with Crippen LogP contribution in [0.15, 0.2) is 0 Å². The first-order valence-corrected chi connectivity index (χ1v) is 6.54. The first-order chi connectivity index (χ1) is 6.65. The molecule has 15 heavy (non-hydrogen) atoms. The number of rotatable bonds is 6. The molecule has 1 aliphatic carbocycles. The summed E-state index contributed by atoms with van der Waals surface area (Å²) in [6.07, 6.45) is 5.37. The summed E-state index contributed by atoms with van der Waals surface area (Å²) in [5.74, 6) is 1.81. The van der Waals surface area contributed by atoms with Crippen LogP contribution in [-0.2, 0) is 4.79 Å². The second kappa shape index (κ2) is 7.36. The number of carbonyl (C=O) groups is 1. The van der Waals surface area contributed by atoms with E-state index in [1.54, 1.807) is 16.7 Å². The summed E-state index contributed by atoms with van der Waals surface area (Å²) in [7, 11) is 1.86. The normalized spacial score (nSPS) is 16.7. The molecule has 0 unspecified atom stereocenters. The zero-order valence-electron chi connectivity index (χ0n) is 9.44. The minimum absolute atomic E-state index is 0. The van der Waals surface area contributed by atoms with Gasteiger partial charge in [0.05, 0.1) is 6.04 Å². The molecule has 2 N–H and O–H groups in total. The summed E-state index contributed by atoms with van der Waals surface area (Å²) >= 11 is 1.73. The minimum Gasteiger partial charge on any atom is -0.344 e. The van der Waals surface area contributed by atoms with Crippen molar-refractivity contribution >= 4 is 30.1 Å². The highest BCUT2D eigenvalue weighted by atomic mass is 35.5. The van der Waals surface area contributed by atoms with Gasteiger partial charge in [-0.25, -0.2) is 0 Å². The van der Waals surface area contributed by atoms with E-state index in [0.717, 1.165) is 24.6 Å². The molecule has 1 fully saturated rings. The first kappa shape index (κ1) is 15.1. The predicted octanol–water partition coefficient (Wildman–Crippen LogP) is 1.36. The van der Waals surface area contributed by atoms with Crippen molar-refractivity contribution in [1.29, 1.82) is 0 Å². The quantitative estimate of drug-likeness (QED) is 0.777. The lowest BCUT2D eigenvalue weighted by molar-refractivity contribution is -0.131. The summed E-state index contributed by atoms with van der Waals surface area (Å²) < 4.78 is 0. The third-order valence-corrected chi connectivity index (χ3v) is 3.20. The van der Waals surface area contributed by atoms with Gasteiger partial charge in [-0.15, -0.1) is 12.4 Å². The van der Waals surface area contributed by atoms with Crippen LogP contribution in [-0.4, -0.2) is 42.4 Å². The standard InChI is InChI=1S/C10H20N2OS.ClH/c1-12(7-8-3-4-8)10(13)9(11)5-6-14-2;/h8-9H,3-7,11H2,1-2H3;1H/t9-;/m0./s1. The lowest BCUT2D eigenvalue weighted by Crippen LogP contribution is -2.42. The van der Waals surface area contributed by atoms with E-state index in [0.29, 0.717) is 0 Å². The van der Waals surface area contributed by atoms with Crippen LogP contribution in [0.25, 0.3) is 0 Å². The molecule has 0 radical (unpaired) electrons. The molecule has 0 aliphatic heterocycles. The zero-order chi connectivity index (χ0) is 10.6. The van der Waals surface area contributed by atoms with Gasteiger partial charge in [0.25, 0.3) is 0 Å². The van der Waals surface area contributed by atoms with Crippen LogP contribution in [0.4, 0.5) is 0 Å². The number of nitrogens with zero attached hydrogens (tertiary/aromatic N) is 1. The molecule has 1 amide bonds. The number of hydrogen-bond acceptors (Lipinski definition) is 3. The molecule has 0 spiro atoms. The first-order valence-electron chi connectivity index (χ1n) is 5.14. The van der Waals surface area contributed by atoms with E-state index in [4.69, 9.17) is 5.73 Å². The van der Waals surface area contributed by atoms with E-state index in [-0.39, 0.29) is 24.4 Å². The molecule has 1 saturated carbocycles. The second-order valence-electron chi connectivity index (χ2n) is 4.05. The number of carbonyl (C=O) groups excluding carboxylic acids is 1. The molecule has 3 nitrogen and oxygen atoms in total. The highest BCUT2D eigenvalue weighted by Gasteiger charge is 2.26. The van der Waals surface area contributed by atoms with E-state index in [1.807, 2.05) is 13.3 Å². The number of halogens is 1.